The SMILES string of the molecule is Cc1c(C/C=C/C2CC2)ccc(OCC2CCCC2)c1OC(F)(F)F. The first kappa shape index (κ1) is 18.2. The zero-order valence-corrected chi connectivity index (χ0v) is 14.6. The van der Waals surface area contributed by atoms with E-state index >= 15 is 0 Å². The molecule has 2 aliphatic carbocycles. The summed E-state index contributed by atoms with van der Waals surface area (Å²) in [7, 11) is 0. The highest BCUT2D eigenvalue weighted by Crippen LogP contribution is 2.38. The molecular weight excluding hydrogens is 329 g/mol. The Morgan fingerprint density at radius 3 is 2.48 bits per heavy atom. The fraction of sp³-hybridized carbons (Fsp3) is 0.600. The predicted molar refractivity (Wildman–Crippen MR) is 90.9 cm³/mol. The van der Waals surface area contributed by atoms with E-state index in [-0.39, 0.29) is 11.5 Å². The van der Waals surface area contributed by atoms with Gasteiger partial charge in [0, 0.05) is 0 Å². The lowest BCUT2D eigenvalue weighted by atomic mass is 10.0. The average molecular weight is 354 g/mol. The second kappa shape index (κ2) is 7.71. The first-order valence-electron chi connectivity index (χ1n) is 9.10. The van der Waals surface area contributed by atoms with Crippen molar-refractivity contribution in [3.05, 3.63) is 35.4 Å². The molecule has 0 amide bonds. The van der Waals surface area contributed by atoms with Crippen molar-refractivity contribution in [1.82, 2.24) is 0 Å². The minimum absolute atomic E-state index is 0.191. The number of allylic oxidation sites excluding steroid dienone is 2. The molecule has 2 saturated carbocycles. The van der Waals surface area contributed by atoms with Gasteiger partial charge in [-0.1, -0.05) is 31.1 Å². The van der Waals surface area contributed by atoms with Crippen molar-refractivity contribution < 1.29 is 22.6 Å². The van der Waals surface area contributed by atoms with Crippen molar-refractivity contribution in [3.8, 4) is 11.5 Å². The lowest BCUT2D eigenvalue weighted by molar-refractivity contribution is -0.275. The minimum atomic E-state index is -4.72. The maximum Gasteiger partial charge on any atom is 0.573 e. The van der Waals surface area contributed by atoms with E-state index in [0.717, 1.165) is 18.4 Å². The van der Waals surface area contributed by atoms with Crippen LogP contribution in [-0.2, 0) is 6.42 Å². The Morgan fingerprint density at radius 2 is 1.84 bits per heavy atom. The van der Waals surface area contributed by atoms with Crippen LogP contribution in [0.25, 0.3) is 0 Å². The van der Waals surface area contributed by atoms with Crippen molar-refractivity contribution in [2.45, 2.75) is 58.2 Å². The molecule has 0 spiro atoms. The second-order valence-corrected chi connectivity index (χ2v) is 7.16. The van der Waals surface area contributed by atoms with Gasteiger partial charge in [-0.05, 0) is 68.1 Å². The van der Waals surface area contributed by atoms with Gasteiger partial charge >= 0.3 is 6.36 Å². The molecule has 25 heavy (non-hydrogen) atoms. The van der Waals surface area contributed by atoms with Crippen LogP contribution in [0.2, 0.25) is 0 Å². The number of alkyl halides is 3. The van der Waals surface area contributed by atoms with Crippen molar-refractivity contribution in [1.29, 1.82) is 0 Å². The number of rotatable bonds is 7. The largest absolute Gasteiger partial charge is 0.573 e. The highest BCUT2D eigenvalue weighted by molar-refractivity contribution is 5.50. The van der Waals surface area contributed by atoms with Gasteiger partial charge in [0.2, 0.25) is 0 Å². The Hall–Kier alpha value is -1.65. The molecule has 0 aliphatic heterocycles. The van der Waals surface area contributed by atoms with Gasteiger partial charge in [-0.2, -0.15) is 0 Å². The number of halogens is 3. The molecule has 1 aromatic rings. The van der Waals surface area contributed by atoms with Gasteiger partial charge in [-0.15, -0.1) is 13.2 Å². The zero-order valence-electron chi connectivity index (χ0n) is 14.6. The highest BCUT2D eigenvalue weighted by atomic mass is 19.4. The van der Waals surface area contributed by atoms with Gasteiger partial charge in [0.1, 0.15) is 0 Å². The first-order valence-corrected chi connectivity index (χ1v) is 9.10. The Balaban J connectivity index is 1.75. The number of hydrogen-bond acceptors (Lipinski definition) is 2. The lowest BCUT2D eigenvalue weighted by Crippen LogP contribution is -2.19. The molecule has 2 fully saturated rings. The van der Waals surface area contributed by atoms with E-state index in [9.17, 15) is 13.2 Å². The molecule has 0 N–H and O–H groups in total. The monoisotopic (exact) mass is 354 g/mol. The van der Waals surface area contributed by atoms with Gasteiger partial charge in [0.25, 0.3) is 0 Å². The fourth-order valence-electron chi connectivity index (χ4n) is 3.35. The third kappa shape index (κ3) is 5.41. The molecule has 5 heteroatoms. The van der Waals surface area contributed by atoms with Crippen molar-refractivity contribution in [3.63, 3.8) is 0 Å². The van der Waals surface area contributed by atoms with Crippen LogP contribution in [0.5, 0.6) is 11.5 Å². The van der Waals surface area contributed by atoms with Crippen LogP contribution in [0.4, 0.5) is 13.2 Å². The third-order valence-electron chi connectivity index (χ3n) is 5.02. The predicted octanol–water partition coefficient (Wildman–Crippen LogP) is 5.97. The summed E-state index contributed by atoms with van der Waals surface area (Å²) in [5, 5.41) is 0. The second-order valence-electron chi connectivity index (χ2n) is 7.16. The van der Waals surface area contributed by atoms with Crippen LogP contribution < -0.4 is 9.47 Å². The highest BCUT2D eigenvalue weighted by Gasteiger charge is 2.34. The topological polar surface area (TPSA) is 18.5 Å². The molecule has 2 nitrogen and oxygen atoms in total. The van der Waals surface area contributed by atoms with Crippen LogP contribution in [0.1, 0.15) is 49.7 Å². The van der Waals surface area contributed by atoms with E-state index in [1.54, 1.807) is 13.0 Å². The molecule has 0 aromatic heterocycles. The molecule has 2 aliphatic rings. The maximum atomic E-state index is 12.8. The van der Waals surface area contributed by atoms with Gasteiger partial charge in [-0.3, -0.25) is 0 Å². The Kier molecular flexibility index (Phi) is 5.60. The minimum Gasteiger partial charge on any atom is -0.489 e. The van der Waals surface area contributed by atoms with Crippen molar-refractivity contribution in [2.24, 2.45) is 11.8 Å². The summed E-state index contributed by atoms with van der Waals surface area (Å²) in [5.74, 6) is 1.08. The molecule has 0 heterocycles. The molecule has 1 aromatic carbocycles. The molecule has 0 atom stereocenters. The number of hydrogen-bond donors (Lipinski definition) is 0. The normalized spacial score (nSPS) is 18.9. The van der Waals surface area contributed by atoms with Crippen LogP contribution in [0.15, 0.2) is 24.3 Å². The van der Waals surface area contributed by atoms with Gasteiger partial charge in [0.05, 0.1) is 6.61 Å². The third-order valence-corrected chi connectivity index (χ3v) is 5.02. The summed E-state index contributed by atoms with van der Waals surface area (Å²) in [6, 6.07) is 3.46. The zero-order chi connectivity index (χ0) is 17.9. The summed E-state index contributed by atoms with van der Waals surface area (Å²) in [6.45, 7) is 2.12. The number of ether oxygens (including phenoxy) is 2. The summed E-state index contributed by atoms with van der Waals surface area (Å²) < 4.78 is 48.6. The van der Waals surface area contributed by atoms with E-state index in [1.165, 1.54) is 25.7 Å². The first-order chi connectivity index (χ1) is 11.9. The van der Waals surface area contributed by atoms with Crippen LogP contribution >= 0.6 is 0 Å². The van der Waals surface area contributed by atoms with E-state index in [4.69, 9.17) is 4.74 Å². The van der Waals surface area contributed by atoms with Crippen LogP contribution in [-0.4, -0.2) is 13.0 Å². The average Bonchev–Trinajstić information content (AvgIpc) is 3.21. The van der Waals surface area contributed by atoms with Crippen molar-refractivity contribution in [2.75, 3.05) is 6.61 Å². The van der Waals surface area contributed by atoms with E-state index in [1.807, 2.05) is 12.1 Å². The molecule has 0 radical (unpaired) electrons. The standard InChI is InChI=1S/C20H25F3O2/c1-14-17(8-4-7-15-9-10-15)11-12-18(19(14)25-20(21,22)23)24-13-16-5-2-3-6-16/h4,7,11-12,15-16H,2-3,5-6,8-10,13H2,1H3/b7-4+. The van der Waals surface area contributed by atoms with Gasteiger partial charge in [0.15, 0.2) is 11.5 Å². The van der Waals surface area contributed by atoms with Crippen LogP contribution in [0, 0.1) is 18.8 Å². The van der Waals surface area contributed by atoms with E-state index in [0.29, 0.717) is 30.4 Å². The molecular formula is C20H25F3O2. The van der Waals surface area contributed by atoms with Gasteiger partial charge in [-0.25, -0.2) is 0 Å². The van der Waals surface area contributed by atoms with Crippen LogP contribution in [0.3, 0.4) is 0 Å². The summed E-state index contributed by atoms with van der Waals surface area (Å²) in [4.78, 5) is 0. The van der Waals surface area contributed by atoms with E-state index < -0.39 is 6.36 Å². The fourth-order valence-corrected chi connectivity index (χ4v) is 3.35. The Morgan fingerprint density at radius 1 is 1.12 bits per heavy atom. The Labute approximate surface area is 147 Å². The Bertz CT molecular complexity index is 612. The summed E-state index contributed by atoms with van der Waals surface area (Å²) in [5.41, 5.74) is 1.34. The summed E-state index contributed by atoms with van der Waals surface area (Å²) in [6.07, 6.45) is 7.01. The molecule has 0 saturated heterocycles. The lowest BCUT2D eigenvalue weighted by Gasteiger charge is -2.19. The molecule has 0 bridgehead atoms. The van der Waals surface area contributed by atoms with E-state index in [2.05, 4.69) is 10.8 Å². The quantitative estimate of drug-likeness (QED) is 0.562. The number of benzene rings is 1. The molecule has 138 valence electrons. The van der Waals surface area contributed by atoms with Gasteiger partial charge < -0.3 is 9.47 Å². The molecule has 0 unspecified atom stereocenters. The summed E-state index contributed by atoms with van der Waals surface area (Å²) >= 11 is 0. The smallest absolute Gasteiger partial charge is 0.489 e. The van der Waals surface area contributed by atoms with Crippen molar-refractivity contribution >= 4 is 0 Å². The molecule has 3 rings (SSSR count). The maximum absolute atomic E-state index is 12.8.